The molecule has 0 radical (unpaired) electrons. The van der Waals surface area contributed by atoms with Crippen LogP contribution in [0.3, 0.4) is 0 Å². The quantitative estimate of drug-likeness (QED) is 0.813. The van der Waals surface area contributed by atoms with E-state index in [9.17, 15) is 4.79 Å². The molecular formula is C17H21NO3S. The Morgan fingerprint density at radius 1 is 1.23 bits per heavy atom. The van der Waals surface area contributed by atoms with Gasteiger partial charge in [0, 0.05) is 20.1 Å². The maximum absolute atomic E-state index is 11.9. The molecule has 1 unspecified atom stereocenters. The minimum absolute atomic E-state index is 0.0353. The molecule has 1 heterocycles. The number of carbonyl (C=O) groups excluding carboxylic acids is 1. The number of aryl methyl sites for hydroxylation is 1. The van der Waals surface area contributed by atoms with Crippen molar-refractivity contribution < 1.29 is 14.3 Å². The molecule has 0 saturated heterocycles. The average molecular weight is 319 g/mol. The molecule has 0 aliphatic heterocycles. The van der Waals surface area contributed by atoms with E-state index in [-0.39, 0.29) is 12.0 Å². The van der Waals surface area contributed by atoms with E-state index < -0.39 is 0 Å². The molecule has 0 spiro atoms. The van der Waals surface area contributed by atoms with Crippen LogP contribution in [0.1, 0.15) is 23.7 Å². The second-order valence-electron chi connectivity index (χ2n) is 4.93. The summed E-state index contributed by atoms with van der Waals surface area (Å²) < 4.78 is 10.5. The number of benzene rings is 1. The number of rotatable bonds is 8. The van der Waals surface area contributed by atoms with Gasteiger partial charge in [0.25, 0.3) is 0 Å². The fourth-order valence-corrected chi connectivity index (χ4v) is 2.84. The van der Waals surface area contributed by atoms with E-state index in [1.54, 1.807) is 25.6 Å². The molecule has 1 N–H and O–H groups in total. The van der Waals surface area contributed by atoms with Gasteiger partial charge in [0.2, 0.25) is 5.91 Å². The Hall–Kier alpha value is -1.85. The van der Waals surface area contributed by atoms with Gasteiger partial charge in [-0.3, -0.25) is 4.79 Å². The zero-order valence-electron chi connectivity index (χ0n) is 12.9. The molecule has 2 rings (SSSR count). The molecule has 1 aromatic carbocycles. The van der Waals surface area contributed by atoms with Crippen LogP contribution in [0.4, 0.5) is 0 Å². The monoisotopic (exact) mass is 319 g/mol. The van der Waals surface area contributed by atoms with Crippen molar-refractivity contribution >= 4 is 17.2 Å². The highest BCUT2D eigenvalue weighted by molar-refractivity contribution is 7.07. The summed E-state index contributed by atoms with van der Waals surface area (Å²) in [6, 6.07) is 9.79. The summed E-state index contributed by atoms with van der Waals surface area (Å²) in [5.74, 6) is 0.861. The van der Waals surface area contributed by atoms with Crippen molar-refractivity contribution in [1.82, 2.24) is 5.32 Å². The predicted octanol–water partition coefficient (Wildman–Crippen LogP) is 3.19. The lowest BCUT2D eigenvalue weighted by molar-refractivity contribution is -0.121. The van der Waals surface area contributed by atoms with Crippen LogP contribution in [0.5, 0.6) is 5.75 Å². The molecule has 4 nitrogen and oxygen atoms in total. The van der Waals surface area contributed by atoms with Crippen LogP contribution < -0.4 is 10.1 Å². The molecule has 0 aliphatic rings. The van der Waals surface area contributed by atoms with Gasteiger partial charge >= 0.3 is 0 Å². The molecule has 22 heavy (non-hydrogen) atoms. The molecule has 1 atom stereocenters. The van der Waals surface area contributed by atoms with Gasteiger partial charge in [0.05, 0.1) is 7.11 Å². The average Bonchev–Trinajstić information content (AvgIpc) is 3.08. The summed E-state index contributed by atoms with van der Waals surface area (Å²) in [5, 5.41) is 6.98. The first-order chi connectivity index (χ1) is 10.7. The summed E-state index contributed by atoms with van der Waals surface area (Å²) >= 11 is 1.63. The second kappa shape index (κ2) is 8.56. The molecule has 1 aromatic heterocycles. The number of ether oxygens (including phenoxy) is 2. The van der Waals surface area contributed by atoms with Gasteiger partial charge in [0.1, 0.15) is 11.9 Å². The molecule has 0 saturated carbocycles. The third-order valence-corrected chi connectivity index (χ3v) is 4.19. The predicted molar refractivity (Wildman–Crippen MR) is 88.4 cm³/mol. The van der Waals surface area contributed by atoms with Crippen LogP contribution in [-0.2, 0) is 16.0 Å². The molecule has 0 fully saturated rings. The zero-order valence-corrected chi connectivity index (χ0v) is 13.7. The van der Waals surface area contributed by atoms with Crippen LogP contribution in [0, 0.1) is 0 Å². The highest BCUT2D eigenvalue weighted by Gasteiger charge is 2.12. The summed E-state index contributed by atoms with van der Waals surface area (Å²) in [4.78, 5) is 11.9. The van der Waals surface area contributed by atoms with Crippen LogP contribution in [0.2, 0.25) is 0 Å². The van der Waals surface area contributed by atoms with E-state index in [2.05, 4.69) is 5.32 Å². The molecule has 2 aromatic rings. The fraction of sp³-hybridized carbons (Fsp3) is 0.353. The standard InChI is InChI=1S/C17H21NO3S/c1-20-15-6-3-13(4-7-15)5-8-17(19)18-11-16(21-2)14-9-10-22-12-14/h3-4,6-7,9-10,12,16H,5,8,11H2,1-2H3,(H,18,19). The van der Waals surface area contributed by atoms with Crippen LogP contribution >= 0.6 is 11.3 Å². The summed E-state index contributed by atoms with van der Waals surface area (Å²) in [6.07, 6.45) is 1.09. The first-order valence-electron chi connectivity index (χ1n) is 7.17. The van der Waals surface area contributed by atoms with E-state index >= 15 is 0 Å². The number of carbonyl (C=O) groups is 1. The first-order valence-corrected chi connectivity index (χ1v) is 8.11. The van der Waals surface area contributed by atoms with E-state index in [1.165, 1.54) is 0 Å². The van der Waals surface area contributed by atoms with Gasteiger partial charge in [-0.1, -0.05) is 12.1 Å². The van der Waals surface area contributed by atoms with E-state index in [1.807, 2.05) is 41.1 Å². The molecule has 0 bridgehead atoms. The van der Waals surface area contributed by atoms with Crippen molar-refractivity contribution in [2.45, 2.75) is 18.9 Å². The summed E-state index contributed by atoms with van der Waals surface area (Å²) in [7, 11) is 3.30. The third kappa shape index (κ3) is 4.86. The molecule has 5 heteroatoms. The van der Waals surface area contributed by atoms with Crippen molar-refractivity contribution in [1.29, 1.82) is 0 Å². The number of hydrogen-bond donors (Lipinski definition) is 1. The lowest BCUT2D eigenvalue weighted by Crippen LogP contribution is -2.29. The number of amides is 1. The van der Waals surface area contributed by atoms with Crippen molar-refractivity contribution in [3.8, 4) is 5.75 Å². The first kappa shape index (κ1) is 16.5. The maximum atomic E-state index is 11.9. The maximum Gasteiger partial charge on any atom is 0.220 e. The lowest BCUT2D eigenvalue weighted by Gasteiger charge is -2.15. The van der Waals surface area contributed by atoms with Crippen LogP contribution in [-0.4, -0.2) is 26.7 Å². The van der Waals surface area contributed by atoms with Gasteiger partial charge in [-0.25, -0.2) is 0 Å². The number of thiophene rings is 1. The van der Waals surface area contributed by atoms with Gasteiger partial charge in [-0.2, -0.15) is 11.3 Å². The third-order valence-electron chi connectivity index (χ3n) is 3.48. The van der Waals surface area contributed by atoms with E-state index in [0.717, 1.165) is 16.9 Å². The Bertz CT molecular complexity index is 566. The van der Waals surface area contributed by atoms with E-state index in [4.69, 9.17) is 9.47 Å². The number of methoxy groups -OCH3 is 2. The van der Waals surface area contributed by atoms with Gasteiger partial charge < -0.3 is 14.8 Å². The number of nitrogens with one attached hydrogen (secondary N) is 1. The normalized spacial score (nSPS) is 11.9. The van der Waals surface area contributed by atoms with Gasteiger partial charge in [-0.05, 0) is 46.5 Å². The van der Waals surface area contributed by atoms with Crippen LogP contribution in [0.25, 0.3) is 0 Å². The zero-order chi connectivity index (χ0) is 15.8. The minimum Gasteiger partial charge on any atom is -0.497 e. The van der Waals surface area contributed by atoms with Crippen molar-refractivity contribution in [2.24, 2.45) is 0 Å². The SMILES string of the molecule is COc1ccc(CCC(=O)NCC(OC)c2ccsc2)cc1. The highest BCUT2D eigenvalue weighted by Crippen LogP contribution is 2.18. The van der Waals surface area contributed by atoms with Crippen molar-refractivity contribution in [2.75, 3.05) is 20.8 Å². The molecule has 0 aliphatic carbocycles. The van der Waals surface area contributed by atoms with E-state index in [0.29, 0.717) is 19.4 Å². The van der Waals surface area contributed by atoms with Gasteiger partial charge in [0.15, 0.2) is 0 Å². The van der Waals surface area contributed by atoms with Crippen molar-refractivity contribution in [3.63, 3.8) is 0 Å². The van der Waals surface area contributed by atoms with Gasteiger partial charge in [-0.15, -0.1) is 0 Å². The summed E-state index contributed by atoms with van der Waals surface area (Å²) in [6.45, 7) is 0.495. The Morgan fingerprint density at radius 3 is 2.59 bits per heavy atom. The Labute approximate surface area is 135 Å². The topological polar surface area (TPSA) is 47.6 Å². The fourth-order valence-electron chi connectivity index (χ4n) is 2.14. The Kier molecular flexibility index (Phi) is 6.43. The highest BCUT2D eigenvalue weighted by atomic mass is 32.1. The largest absolute Gasteiger partial charge is 0.497 e. The molecule has 118 valence electrons. The van der Waals surface area contributed by atoms with Crippen molar-refractivity contribution in [3.05, 3.63) is 52.2 Å². The lowest BCUT2D eigenvalue weighted by atomic mass is 10.1. The van der Waals surface area contributed by atoms with Crippen LogP contribution in [0.15, 0.2) is 41.1 Å². The second-order valence-corrected chi connectivity index (χ2v) is 5.71. The Balaban J connectivity index is 1.75. The minimum atomic E-state index is -0.0869. The molecular weight excluding hydrogens is 298 g/mol. The smallest absolute Gasteiger partial charge is 0.220 e. The summed E-state index contributed by atoms with van der Waals surface area (Å²) in [5.41, 5.74) is 2.22. The number of hydrogen-bond acceptors (Lipinski definition) is 4. The molecule has 1 amide bonds. The Morgan fingerprint density at radius 2 is 2.00 bits per heavy atom.